The molecule has 0 unspecified atom stereocenters. The summed E-state index contributed by atoms with van der Waals surface area (Å²) in [5.41, 5.74) is 2.73. The molecule has 7 nitrogen and oxygen atoms in total. The summed E-state index contributed by atoms with van der Waals surface area (Å²) in [5, 5.41) is 11.1. The van der Waals surface area contributed by atoms with Crippen LogP contribution in [0.5, 0.6) is 5.75 Å². The van der Waals surface area contributed by atoms with Crippen molar-refractivity contribution in [1.29, 1.82) is 0 Å². The number of amides is 1. The lowest BCUT2D eigenvalue weighted by atomic mass is 10.2. The highest BCUT2D eigenvalue weighted by molar-refractivity contribution is 5.92. The van der Waals surface area contributed by atoms with Crippen LogP contribution in [-0.4, -0.2) is 41.7 Å². The van der Waals surface area contributed by atoms with E-state index < -0.39 is 0 Å². The first-order valence-electron chi connectivity index (χ1n) is 9.01. The number of nitrogens with zero attached hydrogens (tertiary/aromatic N) is 3. The van der Waals surface area contributed by atoms with Gasteiger partial charge < -0.3 is 14.5 Å². The van der Waals surface area contributed by atoms with E-state index >= 15 is 0 Å². The zero-order valence-corrected chi connectivity index (χ0v) is 16.5. The van der Waals surface area contributed by atoms with Crippen molar-refractivity contribution in [3.63, 3.8) is 0 Å². The molecule has 1 aromatic heterocycles. The average molecular weight is 380 g/mol. The fourth-order valence-electron chi connectivity index (χ4n) is 2.64. The monoisotopic (exact) mass is 380 g/mol. The number of likely N-dealkylation sites (N-methyl/N-ethyl adjacent to an activating group) is 1. The van der Waals surface area contributed by atoms with Crippen LogP contribution in [0.4, 0.5) is 5.69 Å². The van der Waals surface area contributed by atoms with Gasteiger partial charge in [-0.3, -0.25) is 9.69 Å². The van der Waals surface area contributed by atoms with Crippen LogP contribution in [-0.2, 0) is 4.79 Å². The molecular weight excluding hydrogens is 356 g/mol. The van der Waals surface area contributed by atoms with E-state index in [0.29, 0.717) is 11.8 Å². The molecule has 0 bridgehead atoms. The van der Waals surface area contributed by atoms with E-state index in [1.54, 1.807) is 7.11 Å². The van der Waals surface area contributed by atoms with E-state index in [1.165, 1.54) is 0 Å². The van der Waals surface area contributed by atoms with Crippen LogP contribution < -0.4 is 10.1 Å². The molecule has 2 aromatic carbocycles. The van der Waals surface area contributed by atoms with Crippen molar-refractivity contribution < 1.29 is 13.9 Å². The van der Waals surface area contributed by atoms with E-state index in [2.05, 4.69) is 15.5 Å². The summed E-state index contributed by atoms with van der Waals surface area (Å²) in [6.45, 7) is 4.13. The number of carbonyl (C=O) groups is 1. The van der Waals surface area contributed by atoms with E-state index in [1.807, 2.05) is 74.3 Å². The molecule has 1 N–H and O–H groups in total. The van der Waals surface area contributed by atoms with Crippen LogP contribution >= 0.6 is 0 Å². The second-order valence-electron chi connectivity index (χ2n) is 6.68. The van der Waals surface area contributed by atoms with Crippen molar-refractivity contribution in [1.82, 2.24) is 15.1 Å². The van der Waals surface area contributed by atoms with E-state index in [0.717, 1.165) is 22.6 Å². The number of ether oxygens (including phenoxy) is 1. The predicted molar refractivity (Wildman–Crippen MR) is 107 cm³/mol. The number of hydrogen-bond acceptors (Lipinski definition) is 6. The first-order valence-corrected chi connectivity index (χ1v) is 9.01. The number of methoxy groups -OCH3 is 1. The molecule has 0 fully saturated rings. The maximum Gasteiger partial charge on any atom is 0.247 e. The molecule has 0 saturated heterocycles. The molecular formula is C21H24N4O3. The third-order valence-corrected chi connectivity index (χ3v) is 4.52. The normalized spacial score (nSPS) is 12.0. The van der Waals surface area contributed by atoms with Gasteiger partial charge in [0.1, 0.15) is 5.75 Å². The van der Waals surface area contributed by atoms with Gasteiger partial charge in [-0.1, -0.05) is 17.7 Å². The molecule has 3 aromatic rings. The molecule has 0 spiro atoms. The zero-order valence-electron chi connectivity index (χ0n) is 16.5. The molecule has 0 aliphatic carbocycles. The van der Waals surface area contributed by atoms with E-state index in [-0.39, 0.29) is 18.5 Å². The molecule has 1 amide bonds. The molecule has 0 saturated carbocycles. The number of aryl methyl sites for hydroxylation is 1. The highest BCUT2D eigenvalue weighted by Gasteiger charge is 2.21. The standard InChI is InChI=1S/C21H24N4O3/c1-14-5-9-17(10-6-14)22-19(26)13-25(3)15(2)20-23-24-21(28-20)16-7-11-18(27-4)12-8-16/h5-12,15H,13H2,1-4H3,(H,22,26)/t15-/m0/s1. The molecule has 28 heavy (non-hydrogen) atoms. The Hall–Kier alpha value is -3.19. The smallest absolute Gasteiger partial charge is 0.247 e. The number of rotatable bonds is 7. The largest absolute Gasteiger partial charge is 0.497 e. The molecule has 1 atom stereocenters. The van der Waals surface area contributed by atoms with Crippen molar-refractivity contribution >= 4 is 11.6 Å². The zero-order chi connectivity index (χ0) is 20.1. The molecule has 7 heteroatoms. The van der Waals surface area contributed by atoms with Gasteiger partial charge in [0.2, 0.25) is 17.7 Å². The summed E-state index contributed by atoms with van der Waals surface area (Å²) in [6, 6.07) is 14.9. The van der Waals surface area contributed by atoms with Crippen LogP contribution in [0.3, 0.4) is 0 Å². The topological polar surface area (TPSA) is 80.5 Å². The van der Waals surface area contributed by atoms with Gasteiger partial charge in [-0.25, -0.2) is 0 Å². The summed E-state index contributed by atoms with van der Waals surface area (Å²) in [6.07, 6.45) is 0. The summed E-state index contributed by atoms with van der Waals surface area (Å²) < 4.78 is 11.0. The van der Waals surface area contributed by atoms with Crippen molar-refractivity contribution in [3.8, 4) is 17.2 Å². The quantitative estimate of drug-likeness (QED) is 0.673. The number of benzene rings is 2. The number of nitrogens with one attached hydrogen (secondary N) is 1. The van der Waals surface area contributed by atoms with Gasteiger partial charge in [-0.15, -0.1) is 10.2 Å². The summed E-state index contributed by atoms with van der Waals surface area (Å²) in [5.74, 6) is 1.54. The van der Waals surface area contributed by atoms with Crippen molar-refractivity contribution in [2.45, 2.75) is 19.9 Å². The Morgan fingerprint density at radius 3 is 2.46 bits per heavy atom. The number of hydrogen-bond donors (Lipinski definition) is 1. The Morgan fingerprint density at radius 2 is 1.82 bits per heavy atom. The minimum Gasteiger partial charge on any atom is -0.497 e. The molecule has 3 rings (SSSR count). The first kappa shape index (κ1) is 19.6. The van der Waals surface area contributed by atoms with E-state index in [9.17, 15) is 4.79 Å². The van der Waals surface area contributed by atoms with Crippen LogP contribution in [0.15, 0.2) is 52.9 Å². The molecule has 1 heterocycles. The Bertz CT molecular complexity index is 920. The maximum absolute atomic E-state index is 12.3. The number of anilines is 1. The summed E-state index contributed by atoms with van der Waals surface area (Å²) in [7, 11) is 3.46. The van der Waals surface area contributed by atoms with Gasteiger partial charge in [0.05, 0.1) is 19.7 Å². The summed E-state index contributed by atoms with van der Waals surface area (Å²) >= 11 is 0. The Morgan fingerprint density at radius 1 is 1.14 bits per heavy atom. The molecule has 0 aliphatic rings. The second-order valence-corrected chi connectivity index (χ2v) is 6.68. The van der Waals surface area contributed by atoms with Crippen LogP contribution in [0, 0.1) is 6.92 Å². The highest BCUT2D eigenvalue weighted by atomic mass is 16.5. The van der Waals surface area contributed by atoms with Gasteiger partial charge in [-0.05, 0) is 57.3 Å². The van der Waals surface area contributed by atoms with Crippen molar-refractivity contribution in [3.05, 3.63) is 60.0 Å². The van der Waals surface area contributed by atoms with Gasteiger partial charge in [0, 0.05) is 11.3 Å². The fraction of sp³-hybridized carbons (Fsp3) is 0.286. The highest BCUT2D eigenvalue weighted by Crippen LogP contribution is 2.24. The summed E-state index contributed by atoms with van der Waals surface area (Å²) in [4.78, 5) is 14.2. The molecule has 0 radical (unpaired) electrons. The lowest BCUT2D eigenvalue weighted by Crippen LogP contribution is -2.32. The lowest BCUT2D eigenvalue weighted by Gasteiger charge is -2.21. The third kappa shape index (κ3) is 4.75. The lowest BCUT2D eigenvalue weighted by molar-refractivity contribution is -0.117. The van der Waals surface area contributed by atoms with Gasteiger partial charge in [0.15, 0.2) is 0 Å². The minimum absolute atomic E-state index is 0.104. The Kier molecular flexibility index (Phi) is 6.06. The van der Waals surface area contributed by atoms with Crippen molar-refractivity contribution in [2.75, 3.05) is 26.0 Å². The average Bonchev–Trinajstić information content (AvgIpc) is 3.19. The van der Waals surface area contributed by atoms with Crippen LogP contribution in [0.2, 0.25) is 0 Å². The Labute approximate surface area is 164 Å². The van der Waals surface area contributed by atoms with Gasteiger partial charge in [-0.2, -0.15) is 0 Å². The van der Waals surface area contributed by atoms with Crippen LogP contribution in [0.1, 0.15) is 24.4 Å². The number of carbonyl (C=O) groups excluding carboxylic acids is 1. The molecule has 146 valence electrons. The first-order chi connectivity index (χ1) is 13.5. The SMILES string of the molecule is COc1ccc(-c2nnc([C@H](C)N(C)CC(=O)Nc3ccc(C)cc3)o2)cc1. The second kappa shape index (κ2) is 8.67. The predicted octanol–water partition coefficient (Wildman–Crippen LogP) is 3.69. The maximum atomic E-state index is 12.3. The van der Waals surface area contributed by atoms with Gasteiger partial charge >= 0.3 is 0 Å². The fourth-order valence-corrected chi connectivity index (χ4v) is 2.64. The minimum atomic E-state index is -0.205. The number of aromatic nitrogens is 2. The third-order valence-electron chi connectivity index (χ3n) is 4.52. The Balaban J connectivity index is 1.61. The van der Waals surface area contributed by atoms with Crippen molar-refractivity contribution in [2.24, 2.45) is 0 Å². The molecule has 0 aliphatic heterocycles. The van der Waals surface area contributed by atoms with Gasteiger partial charge in [0.25, 0.3) is 0 Å². The van der Waals surface area contributed by atoms with E-state index in [4.69, 9.17) is 9.15 Å². The van der Waals surface area contributed by atoms with Crippen LogP contribution in [0.25, 0.3) is 11.5 Å².